The Morgan fingerprint density at radius 3 is 2.36 bits per heavy atom. The second kappa shape index (κ2) is 6.12. The molecule has 0 bridgehead atoms. The molecule has 1 amide bonds. The minimum atomic E-state index is -3.16. The zero-order valence-corrected chi connectivity index (χ0v) is 13.1. The maximum Gasteiger partial charge on any atom is 0.387 e. The molecule has 3 rings (SSSR count). The molecule has 8 heteroatoms. The van der Waals surface area contributed by atoms with Crippen LogP contribution in [0.4, 0.5) is 13.2 Å². The highest BCUT2D eigenvalue weighted by Crippen LogP contribution is 2.40. The van der Waals surface area contributed by atoms with Crippen molar-refractivity contribution in [2.75, 3.05) is 7.05 Å². The molecule has 0 aromatic heterocycles. The van der Waals surface area contributed by atoms with E-state index in [1.54, 1.807) is 30.3 Å². The number of nitrogens with zero attached hydrogens (tertiary/aromatic N) is 2. The zero-order chi connectivity index (χ0) is 18.2. The van der Waals surface area contributed by atoms with Crippen LogP contribution < -0.4 is 10.5 Å². The molecule has 25 heavy (non-hydrogen) atoms. The van der Waals surface area contributed by atoms with Gasteiger partial charge in [-0.05, 0) is 23.3 Å². The van der Waals surface area contributed by atoms with Crippen molar-refractivity contribution in [3.63, 3.8) is 0 Å². The van der Waals surface area contributed by atoms with Crippen LogP contribution in [0, 0.1) is 5.82 Å². The van der Waals surface area contributed by atoms with E-state index in [0.717, 1.165) is 17.0 Å². The molecule has 2 aromatic carbocycles. The average Bonchev–Trinajstić information content (AvgIpc) is 2.82. The van der Waals surface area contributed by atoms with E-state index in [9.17, 15) is 18.0 Å². The highest BCUT2D eigenvalue weighted by molar-refractivity contribution is 6.08. The molecule has 2 aromatic rings. The summed E-state index contributed by atoms with van der Waals surface area (Å²) in [6, 6.07) is 11.8. The number of carbonyl (C=O) groups excluding carboxylic acids is 1. The van der Waals surface area contributed by atoms with Crippen molar-refractivity contribution in [3.05, 3.63) is 65.5 Å². The largest absolute Gasteiger partial charge is 0.432 e. The summed E-state index contributed by atoms with van der Waals surface area (Å²) >= 11 is 0. The quantitative estimate of drug-likeness (QED) is 0.922. The molecule has 2 N–H and O–H groups in total. The van der Waals surface area contributed by atoms with Gasteiger partial charge >= 0.3 is 6.61 Å². The predicted octanol–water partition coefficient (Wildman–Crippen LogP) is 2.46. The number of amides is 1. The van der Waals surface area contributed by atoms with E-state index in [1.807, 2.05) is 0 Å². The number of hydrogen-bond donors (Lipinski definition) is 1. The third-order valence-electron chi connectivity index (χ3n) is 4.00. The number of likely N-dealkylation sites (N-methyl/N-ethyl adjacent to an activating group) is 1. The molecule has 0 radical (unpaired) electrons. The lowest BCUT2D eigenvalue weighted by Crippen LogP contribution is -2.41. The molecule has 1 aliphatic rings. The fourth-order valence-corrected chi connectivity index (χ4v) is 2.78. The third kappa shape index (κ3) is 2.69. The van der Waals surface area contributed by atoms with Crippen molar-refractivity contribution in [3.8, 4) is 5.75 Å². The first-order valence-electron chi connectivity index (χ1n) is 7.30. The van der Waals surface area contributed by atoms with Crippen molar-refractivity contribution in [2.45, 2.75) is 12.2 Å². The summed E-state index contributed by atoms with van der Waals surface area (Å²) in [5.41, 5.74) is 4.85. The van der Waals surface area contributed by atoms with E-state index in [4.69, 9.17) is 5.73 Å². The van der Waals surface area contributed by atoms with E-state index >= 15 is 0 Å². The van der Waals surface area contributed by atoms with Crippen molar-refractivity contribution in [2.24, 2.45) is 10.7 Å². The summed E-state index contributed by atoms with van der Waals surface area (Å²) in [5.74, 6) is -2.14. The first-order chi connectivity index (χ1) is 11.9. The highest BCUT2D eigenvalue weighted by atomic mass is 19.3. The smallest absolute Gasteiger partial charge is 0.387 e. The molecule has 0 saturated carbocycles. The number of rotatable bonds is 4. The molecule has 1 heterocycles. The molecule has 0 fully saturated rings. The van der Waals surface area contributed by atoms with Crippen molar-refractivity contribution in [1.29, 1.82) is 0 Å². The third-order valence-corrected chi connectivity index (χ3v) is 4.00. The number of hydrogen-bond acceptors (Lipinski definition) is 4. The topological polar surface area (TPSA) is 67.9 Å². The van der Waals surface area contributed by atoms with Crippen LogP contribution in [-0.4, -0.2) is 30.4 Å². The minimum absolute atomic E-state index is 0.0258. The maximum absolute atomic E-state index is 14.2. The van der Waals surface area contributed by atoms with Gasteiger partial charge in [-0.25, -0.2) is 9.38 Å². The summed E-state index contributed by atoms with van der Waals surface area (Å²) in [4.78, 5) is 18.3. The van der Waals surface area contributed by atoms with Gasteiger partial charge in [0.25, 0.3) is 5.91 Å². The molecule has 1 atom stereocenters. The molecule has 1 unspecified atom stereocenters. The van der Waals surface area contributed by atoms with Crippen LogP contribution in [0.1, 0.15) is 11.1 Å². The minimum Gasteiger partial charge on any atom is -0.432 e. The Morgan fingerprint density at radius 1 is 1.16 bits per heavy atom. The van der Waals surface area contributed by atoms with Crippen molar-refractivity contribution < 1.29 is 22.7 Å². The summed E-state index contributed by atoms with van der Waals surface area (Å²) in [6.45, 7) is -3.16. The number of guanidine groups is 1. The van der Waals surface area contributed by atoms with Crippen molar-refractivity contribution >= 4 is 11.9 Å². The van der Waals surface area contributed by atoms with Gasteiger partial charge in [0.1, 0.15) is 0 Å². The molecule has 0 aliphatic carbocycles. The van der Waals surface area contributed by atoms with E-state index < -0.39 is 29.6 Å². The van der Waals surface area contributed by atoms with Crippen molar-refractivity contribution in [1.82, 2.24) is 4.90 Å². The Labute approximate surface area is 141 Å². The van der Waals surface area contributed by atoms with Gasteiger partial charge in [0.05, 0.1) is 0 Å². The summed E-state index contributed by atoms with van der Waals surface area (Å²) in [6.07, 6.45) is 0. The number of alkyl halides is 2. The van der Waals surface area contributed by atoms with E-state index in [0.29, 0.717) is 5.56 Å². The molecule has 0 saturated heterocycles. The second-order valence-electron chi connectivity index (χ2n) is 5.43. The van der Waals surface area contributed by atoms with Gasteiger partial charge in [-0.3, -0.25) is 9.69 Å². The van der Waals surface area contributed by atoms with Crippen LogP contribution in [0.25, 0.3) is 0 Å². The lowest BCUT2D eigenvalue weighted by Gasteiger charge is -2.26. The second-order valence-corrected chi connectivity index (χ2v) is 5.43. The summed E-state index contributed by atoms with van der Waals surface area (Å²) in [7, 11) is 1.45. The van der Waals surface area contributed by atoms with Crippen LogP contribution in [0.3, 0.4) is 0 Å². The molecular weight excluding hydrogens is 335 g/mol. The number of carbonyl (C=O) groups is 1. The number of halogens is 3. The van der Waals surface area contributed by atoms with Gasteiger partial charge in [-0.1, -0.05) is 36.4 Å². The van der Waals surface area contributed by atoms with Gasteiger partial charge in [-0.2, -0.15) is 8.78 Å². The Morgan fingerprint density at radius 2 is 1.84 bits per heavy atom. The van der Waals surface area contributed by atoms with E-state index in [-0.39, 0.29) is 11.5 Å². The van der Waals surface area contributed by atoms with Crippen LogP contribution >= 0.6 is 0 Å². The Bertz CT molecular complexity index is 842. The number of ether oxygens (including phenoxy) is 1. The molecule has 5 nitrogen and oxygen atoms in total. The first-order valence-corrected chi connectivity index (χ1v) is 7.30. The van der Waals surface area contributed by atoms with Crippen LogP contribution in [0.2, 0.25) is 0 Å². The Kier molecular flexibility index (Phi) is 4.12. The van der Waals surface area contributed by atoms with Gasteiger partial charge in [0.2, 0.25) is 0 Å². The zero-order valence-electron chi connectivity index (χ0n) is 13.1. The molecule has 1 aliphatic heterocycles. The number of aliphatic imine (C=N–C) groups is 1. The fraction of sp³-hybridized carbons (Fsp3) is 0.176. The SMILES string of the molecule is CN1C(=O)C(c2ccccc2)(c2ccc(OC(F)F)c(F)c2)N=C1N. The molecule has 0 spiro atoms. The number of benzene rings is 2. The molecule has 130 valence electrons. The monoisotopic (exact) mass is 349 g/mol. The highest BCUT2D eigenvalue weighted by Gasteiger charge is 2.49. The van der Waals surface area contributed by atoms with Crippen LogP contribution in [0.15, 0.2) is 53.5 Å². The summed E-state index contributed by atoms with van der Waals surface area (Å²) < 4.78 is 43.0. The van der Waals surface area contributed by atoms with Gasteiger partial charge in [0.15, 0.2) is 23.1 Å². The van der Waals surface area contributed by atoms with Crippen LogP contribution in [0.5, 0.6) is 5.75 Å². The van der Waals surface area contributed by atoms with Gasteiger partial charge in [-0.15, -0.1) is 0 Å². The lowest BCUT2D eigenvalue weighted by molar-refractivity contribution is -0.129. The average molecular weight is 349 g/mol. The van der Waals surface area contributed by atoms with E-state index in [1.165, 1.54) is 13.1 Å². The predicted molar refractivity (Wildman–Crippen MR) is 84.6 cm³/mol. The Hall–Kier alpha value is -3.03. The lowest BCUT2D eigenvalue weighted by atomic mass is 9.83. The first kappa shape index (κ1) is 16.8. The van der Waals surface area contributed by atoms with E-state index in [2.05, 4.69) is 9.73 Å². The maximum atomic E-state index is 14.2. The van der Waals surface area contributed by atoms with Crippen LogP contribution in [-0.2, 0) is 10.3 Å². The summed E-state index contributed by atoms with van der Waals surface area (Å²) in [5, 5.41) is 0. The molecular formula is C17H14F3N3O2. The fourth-order valence-electron chi connectivity index (χ4n) is 2.78. The number of nitrogens with two attached hydrogens (primary N) is 1. The standard InChI is InChI=1S/C17H14F3N3O2/c1-23-14(24)17(22-16(23)21,10-5-3-2-4-6-10)11-7-8-13(12(18)9-11)25-15(19)20/h2-9,15H,1H3,(H2,21,22). The van der Waals surface area contributed by atoms with Gasteiger partial charge < -0.3 is 10.5 Å². The Balaban J connectivity index is 2.18. The van der Waals surface area contributed by atoms with Gasteiger partial charge in [0, 0.05) is 7.05 Å². The normalized spacial score (nSPS) is 20.1.